The van der Waals surface area contributed by atoms with Crippen LogP contribution in [0.1, 0.15) is 41.8 Å². The summed E-state index contributed by atoms with van der Waals surface area (Å²) in [5.74, 6) is 0.444. The Morgan fingerprint density at radius 1 is 1.08 bits per heavy atom. The van der Waals surface area contributed by atoms with Crippen molar-refractivity contribution in [3.05, 3.63) is 57.8 Å². The Morgan fingerprint density at radius 3 is 2.28 bits per heavy atom. The fourth-order valence-electron chi connectivity index (χ4n) is 2.83. The Balaban J connectivity index is 1.88. The standard InChI is InChI=1S/C18H24N2O3S2/c1-14(2)15-5-7-16(8-6-15)18(17-4-3-13-24-17)19-25(21,22)20-9-11-23-12-10-20/h3-8,13-14,18-19H,9-12H2,1-2H3. The lowest BCUT2D eigenvalue weighted by Crippen LogP contribution is -2.47. The molecule has 0 saturated carbocycles. The molecule has 1 N–H and O–H groups in total. The van der Waals surface area contributed by atoms with Gasteiger partial charge in [-0.2, -0.15) is 17.4 Å². The number of benzene rings is 1. The minimum Gasteiger partial charge on any atom is -0.379 e. The van der Waals surface area contributed by atoms with Crippen LogP contribution in [0.15, 0.2) is 41.8 Å². The zero-order chi connectivity index (χ0) is 17.9. The van der Waals surface area contributed by atoms with Crippen molar-refractivity contribution in [2.24, 2.45) is 0 Å². The molecule has 1 aliphatic heterocycles. The number of ether oxygens (including phenoxy) is 1. The lowest BCUT2D eigenvalue weighted by molar-refractivity contribution is 0.0724. The zero-order valence-electron chi connectivity index (χ0n) is 14.5. The quantitative estimate of drug-likeness (QED) is 0.838. The van der Waals surface area contributed by atoms with Crippen LogP contribution >= 0.6 is 11.3 Å². The molecule has 25 heavy (non-hydrogen) atoms. The van der Waals surface area contributed by atoms with E-state index in [0.29, 0.717) is 32.2 Å². The van der Waals surface area contributed by atoms with E-state index in [0.717, 1.165) is 10.4 Å². The van der Waals surface area contributed by atoms with Crippen LogP contribution in [0.25, 0.3) is 0 Å². The fourth-order valence-corrected chi connectivity index (χ4v) is 5.05. The predicted molar refractivity (Wildman–Crippen MR) is 101 cm³/mol. The molecule has 0 bridgehead atoms. The molecule has 1 unspecified atom stereocenters. The summed E-state index contributed by atoms with van der Waals surface area (Å²) < 4.78 is 35.2. The second kappa shape index (κ2) is 7.97. The Hall–Kier alpha value is -1.25. The zero-order valence-corrected chi connectivity index (χ0v) is 16.1. The van der Waals surface area contributed by atoms with Gasteiger partial charge < -0.3 is 4.74 Å². The number of hydrogen-bond acceptors (Lipinski definition) is 4. The van der Waals surface area contributed by atoms with Gasteiger partial charge in [0.05, 0.1) is 19.3 Å². The van der Waals surface area contributed by atoms with Gasteiger partial charge >= 0.3 is 0 Å². The summed E-state index contributed by atoms with van der Waals surface area (Å²) in [6.07, 6.45) is 0. The maximum atomic E-state index is 12.8. The summed E-state index contributed by atoms with van der Waals surface area (Å²) in [7, 11) is -3.57. The summed E-state index contributed by atoms with van der Waals surface area (Å²) in [4.78, 5) is 0.981. The van der Waals surface area contributed by atoms with E-state index in [1.54, 1.807) is 11.3 Å². The van der Waals surface area contributed by atoms with Gasteiger partial charge in [-0.1, -0.05) is 44.2 Å². The van der Waals surface area contributed by atoms with Gasteiger partial charge in [-0.15, -0.1) is 11.3 Å². The van der Waals surface area contributed by atoms with Gasteiger partial charge in [0, 0.05) is 18.0 Å². The first kappa shape index (κ1) is 18.5. The summed E-state index contributed by atoms with van der Waals surface area (Å²) in [5.41, 5.74) is 2.19. The molecule has 1 aromatic carbocycles. The number of morpholine rings is 1. The molecule has 136 valence electrons. The Bertz CT molecular complexity index is 765. The van der Waals surface area contributed by atoms with Crippen LogP contribution in [-0.2, 0) is 14.9 Å². The monoisotopic (exact) mass is 380 g/mol. The van der Waals surface area contributed by atoms with Crippen LogP contribution in [0, 0.1) is 0 Å². The normalized spacial score (nSPS) is 17.7. The SMILES string of the molecule is CC(C)c1ccc(C(NS(=O)(=O)N2CCOCC2)c2cccs2)cc1. The molecule has 2 heterocycles. The molecule has 1 fully saturated rings. The van der Waals surface area contributed by atoms with Gasteiger partial charge in [0.15, 0.2) is 0 Å². The molecular weight excluding hydrogens is 356 g/mol. The highest BCUT2D eigenvalue weighted by Crippen LogP contribution is 2.28. The third kappa shape index (κ3) is 4.48. The van der Waals surface area contributed by atoms with E-state index in [4.69, 9.17) is 4.74 Å². The van der Waals surface area contributed by atoms with E-state index < -0.39 is 10.2 Å². The first-order valence-corrected chi connectivity index (χ1v) is 10.8. The van der Waals surface area contributed by atoms with Crippen molar-refractivity contribution in [3.63, 3.8) is 0 Å². The predicted octanol–water partition coefficient (Wildman–Crippen LogP) is 3.13. The lowest BCUT2D eigenvalue weighted by atomic mass is 9.99. The third-order valence-corrected chi connectivity index (χ3v) is 6.86. The fraction of sp³-hybridized carbons (Fsp3) is 0.444. The van der Waals surface area contributed by atoms with Crippen molar-refractivity contribution in [2.45, 2.75) is 25.8 Å². The lowest BCUT2D eigenvalue weighted by Gasteiger charge is -2.28. The number of nitrogens with one attached hydrogen (secondary N) is 1. The molecule has 3 rings (SSSR count). The first-order valence-electron chi connectivity index (χ1n) is 8.46. The van der Waals surface area contributed by atoms with Crippen LogP contribution in [-0.4, -0.2) is 39.0 Å². The summed E-state index contributed by atoms with van der Waals surface area (Å²) in [5, 5.41) is 1.97. The highest BCUT2D eigenvalue weighted by atomic mass is 32.2. The van der Waals surface area contributed by atoms with Crippen molar-refractivity contribution >= 4 is 21.5 Å². The average molecular weight is 381 g/mol. The number of thiophene rings is 1. The first-order chi connectivity index (χ1) is 12.0. The van der Waals surface area contributed by atoms with E-state index in [-0.39, 0.29) is 6.04 Å². The van der Waals surface area contributed by atoms with E-state index in [1.165, 1.54) is 9.87 Å². The minimum absolute atomic E-state index is 0.381. The summed E-state index contributed by atoms with van der Waals surface area (Å²) in [6, 6.07) is 11.7. The van der Waals surface area contributed by atoms with Crippen molar-refractivity contribution in [1.82, 2.24) is 9.03 Å². The topological polar surface area (TPSA) is 58.6 Å². The molecule has 7 heteroatoms. The number of nitrogens with zero attached hydrogens (tertiary/aromatic N) is 1. The largest absolute Gasteiger partial charge is 0.379 e. The van der Waals surface area contributed by atoms with Crippen molar-refractivity contribution in [3.8, 4) is 0 Å². The Labute approximate surface area is 153 Å². The van der Waals surface area contributed by atoms with Gasteiger partial charge in [0.1, 0.15) is 0 Å². The second-order valence-electron chi connectivity index (χ2n) is 6.40. The highest BCUT2D eigenvalue weighted by molar-refractivity contribution is 7.87. The van der Waals surface area contributed by atoms with E-state index in [2.05, 4.69) is 30.7 Å². The van der Waals surface area contributed by atoms with Gasteiger partial charge in [-0.05, 0) is 28.5 Å². The molecule has 1 atom stereocenters. The molecular formula is C18H24N2O3S2. The maximum absolute atomic E-state index is 12.8. The Morgan fingerprint density at radius 2 is 1.72 bits per heavy atom. The highest BCUT2D eigenvalue weighted by Gasteiger charge is 2.29. The van der Waals surface area contributed by atoms with Gasteiger partial charge in [0.25, 0.3) is 10.2 Å². The molecule has 5 nitrogen and oxygen atoms in total. The Kier molecular flexibility index (Phi) is 5.91. The van der Waals surface area contributed by atoms with Crippen molar-refractivity contribution < 1.29 is 13.2 Å². The molecule has 2 aromatic rings. The molecule has 0 radical (unpaired) electrons. The van der Waals surface area contributed by atoms with Crippen LogP contribution in [0.2, 0.25) is 0 Å². The van der Waals surface area contributed by atoms with Crippen LogP contribution < -0.4 is 4.72 Å². The van der Waals surface area contributed by atoms with Crippen LogP contribution in [0.5, 0.6) is 0 Å². The molecule has 1 aliphatic rings. The molecule has 0 spiro atoms. The molecule has 1 aromatic heterocycles. The minimum atomic E-state index is -3.57. The van der Waals surface area contributed by atoms with Gasteiger partial charge in [0.2, 0.25) is 0 Å². The third-order valence-electron chi connectivity index (χ3n) is 4.34. The molecule has 0 amide bonds. The van der Waals surface area contributed by atoms with Gasteiger partial charge in [-0.25, -0.2) is 0 Å². The average Bonchev–Trinajstić information content (AvgIpc) is 3.15. The van der Waals surface area contributed by atoms with Crippen LogP contribution in [0.4, 0.5) is 0 Å². The van der Waals surface area contributed by atoms with E-state index in [9.17, 15) is 8.42 Å². The molecule has 1 saturated heterocycles. The number of rotatable bonds is 6. The van der Waals surface area contributed by atoms with Gasteiger partial charge in [-0.3, -0.25) is 0 Å². The maximum Gasteiger partial charge on any atom is 0.280 e. The summed E-state index contributed by atoms with van der Waals surface area (Å²) >= 11 is 1.55. The van der Waals surface area contributed by atoms with Crippen molar-refractivity contribution in [1.29, 1.82) is 0 Å². The number of hydrogen-bond donors (Lipinski definition) is 1. The smallest absolute Gasteiger partial charge is 0.280 e. The second-order valence-corrected chi connectivity index (χ2v) is 9.09. The molecule has 0 aliphatic carbocycles. The summed E-state index contributed by atoms with van der Waals surface area (Å²) in [6.45, 7) is 5.94. The van der Waals surface area contributed by atoms with Crippen LogP contribution in [0.3, 0.4) is 0 Å². The van der Waals surface area contributed by atoms with Crippen molar-refractivity contribution in [2.75, 3.05) is 26.3 Å². The van der Waals surface area contributed by atoms with E-state index >= 15 is 0 Å². The van der Waals surface area contributed by atoms with E-state index in [1.807, 2.05) is 29.6 Å².